The summed E-state index contributed by atoms with van der Waals surface area (Å²) < 4.78 is 12.9. The summed E-state index contributed by atoms with van der Waals surface area (Å²) in [7, 11) is 1.66. The monoisotopic (exact) mass is 384 g/mol. The number of methoxy groups -OCH3 is 1. The normalized spacial score (nSPS) is 21.8. The van der Waals surface area contributed by atoms with Crippen LogP contribution in [0.5, 0.6) is 5.75 Å². The van der Waals surface area contributed by atoms with Crippen LogP contribution in [-0.4, -0.2) is 64.6 Å². The van der Waals surface area contributed by atoms with Crippen molar-refractivity contribution in [2.24, 2.45) is 0 Å². The van der Waals surface area contributed by atoms with E-state index in [1.54, 1.807) is 7.11 Å². The molecule has 2 aliphatic rings. The molecule has 0 aliphatic carbocycles. The van der Waals surface area contributed by atoms with Gasteiger partial charge in [0, 0.05) is 44.0 Å². The number of aromatic nitrogens is 2. The molecule has 0 saturated carbocycles. The van der Waals surface area contributed by atoms with E-state index in [0.29, 0.717) is 6.54 Å². The maximum Gasteiger partial charge on any atom is 0.410 e. The van der Waals surface area contributed by atoms with Gasteiger partial charge in [-0.1, -0.05) is 12.1 Å². The highest BCUT2D eigenvalue weighted by Crippen LogP contribution is 2.28. The molecule has 0 radical (unpaired) electrons. The van der Waals surface area contributed by atoms with Crippen molar-refractivity contribution in [3.63, 3.8) is 0 Å². The Balaban J connectivity index is 1.36. The highest BCUT2D eigenvalue weighted by Gasteiger charge is 2.47. The maximum absolute atomic E-state index is 12.3. The molecular formula is C21H28N4O3. The quantitative estimate of drug-likeness (QED) is 0.734. The van der Waals surface area contributed by atoms with Crippen molar-refractivity contribution in [1.29, 1.82) is 0 Å². The van der Waals surface area contributed by atoms with Crippen LogP contribution in [0.4, 0.5) is 4.79 Å². The molecule has 1 aromatic carbocycles. The molecule has 7 nitrogen and oxygen atoms in total. The van der Waals surface area contributed by atoms with Crippen molar-refractivity contribution in [3.05, 3.63) is 47.3 Å². The first-order chi connectivity index (χ1) is 13.6. The highest BCUT2D eigenvalue weighted by atomic mass is 16.6. The van der Waals surface area contributed by atoms with Gasteiger partial charge in [0.2, 0.25) is 0 Å². The number of carbonyl (C=O) groups excluding carboxylic acids is 1. The number of benzene rings is 1. The average molecular weight is 384 g/mol. The number of hydrogen-bond donors (Lipinski definition) is 0. The van der Waals surface area contributed by atoms with Crippen molar-refractivity contribution < 1.29 is 14.3 Å². The molecule has 0 unspecified atom stereocenters. The van der Waals surface area contributed by atoms with Gasteiger partial charge in [-0.3, -0.25) is 14.5 Å². The van der Waals surface area contributed by atoms with Crippen molar-refractivity contribution in [2.75, 3.05) is 26.7 Å². The van der Waals surface area contributed by atoms with Crippen LogP contribution in [-0.2, 0) is 24.2 Å². The van der Waals surface area contributed by atoms with Gasteiger partial charge < -0.3 is 9.47 Å². The van der Waals surface area contributed by atoms with Gasteiger partial charge in [-0.2, -0.15) is 5.10 Å². The van der Waals surface area contributed by atoms with Gasteiger partial charge in [0.25, 0.3) is 0 Å². The van der Waals surface area contributed by atoms with E-state index in [4.69, 9.17) is 9.47 Å². The molecule has 2 atom stereocenters. The summed E-state index contributed by atoms with van der Waals surface area (Å²) in [5.41, 5.74) is 3.65. The van der Waals surface area contributed by atoms with Crippen LogP contribution in [0.3, 0.4) is 0 Å². The number of amides is 1. The lowest BCUT2D eigenvalue weighted by Gasteiger charge is -2.22. The topological polar surface area (TPSA) is 59.8 Å². The number of aryl methyl sites for hydroxylation is 1. The minimum atomic E-state index is -0.182. The molecule has 0 bridgehead atoms. The number of rotatable bonds is 7. The first-order valence-electron chi connectivity index (χ1n) is 9.93. The smallest absolute Gasteiger partial charge is 0.410 e. The number of hydrogen-bond acceptors (Lipinski definition) is 5. The summed E-state index contributed by atoms with van der Waals surface area (Å²) in [6.07, 6.45) is 2.55. The van der Waals surface area contributed by atoms with Gasteiger partial charge >= 0.3 is 6.09 Å². The first kappa shape index (κ1) is 18.8. The van der Waals surface area contributed by atoms with Crippen LogP contribution < -0.4 is 4.74 Å². The lowest BCUT2D eigenvalue weighted by molar-refractivity contribution is 0.120. The number of fused-ring (bicyclic) bond motifs is 1. The van der Waals surface area contributed by atoms with Crippen molar-refractivity contribution in [2.45, 2.75) is 45.5 Å². The summed E-state index contributed by atoms with van der Waals surface area (Å²) >= 11 is 0. The van der Waals surface area contributed by atoms with Crippen molar-refractivity contribution in [3.8, 4) is 5.75 Å². The Hall–Kier alpha value is -2.54. The number of ether oxygens (including phenoxy) is 2. The number of carbonyl (C=O) groups is 1. The van der Waals surface area contributed by atoms with Crippen LogP contribution in [0.25, 0.3) is 0 Å². The zero-order valence-electron chi connectivity index (χ0n) is 16.8. The zero-order valence-corrected chi connectivity index (χ0v) is 16.8. The minimum Gasteiger partial charge on any atom is -0.497 e. The van der Waals surface area contributed by atoms with Gasteiger partial charge in [0.15, 0.2) is 0 Å². The second kappa shape index (κ2) is 7.83. The lowest BCUT2D eigenvalue weighted by Crippen LogP contribution is -2.39. The van der Waals surface area contributed by atoms with Crippen LogP contribution >= 0.6 is 0 Å². The average Bonchev–Trinajstić information content (AvgIpc) is 3.34. The molecule has 3 heterocycles. The van der Waals surface area contributed by atoms with Gasteiger partial charge in [-0.05, 0) is 38.0 Å². The summed E-state index contributed by atoms with van der Waals surface area (Å²) in [4.78, 5) is 16.6. The molecule has 7 heteroatoms. The fourth-order valence-corrected chi connectivity index (χ4v) is 4.21. The Morgan fingerprint density at radius 3 is 2.71 bits per heavy atom. The third-order valence-corrected chi connectivity index (χ3v) is 5.90. The second-order valence-electron chi connectivity index (χ2n) is 7.55. The molecule has 2 aromatic rings. The maximum atomic E-state index is 12.3. The molecule has 2 aliphatic heterocycles. The molecule has 4 rings (SSSR count). The van der Waals surface area contributed by atoms with Gasteiger partial charge in [-0.25, -0.2) is 4.79 Å². The van der Waals surface area contributed by atoms with E-state index in [9.17, 15) is 4.79 Å². The van der Waals surface area contributed by atoms with E-state index in [-0.39, 0.29) is 18.2 Å². The van der Waals surface area contributed by atoms with Crippen molar-refractivity contribution in [1.82, 2.24) is 19.6 Å². The van der Waals surface area contributed by atoms with E-state index in [2.05, 4.69) is 23.8 Å². The Morgan fingerprint density at radius 1 is 1.25 bits per heavy atom. The third kappa shape index (κ3) is 3.58. The van der Waals surface area contributed by atoms with Crippen LogP contribution in [0.15, 0.2) is 30.5 Å². The first-order valence-corrected chi connectivity index (χ1v) is 9.93. The molecule has 150 valence electrons. The van der Waals surface area contributed by atoms with Crippen LogP contribution in [0.1, 0.15) is 23.7 Å². The fraction of sp³-hybridized carbons (Fsp3) is 0.524. The zero-order chi connectivity index (χ0) is 19.7. The van der Waals surface area contributed by atoms with Crippen LogP contribution in [0.2, 0.25) is 0 Å². The molecule has 1 aromatic heterocycles. The Bertz CT molecular complexity index is 833. The number of nitrogens with zero attached hydrogens (tertiary/aromatic N) is 4. The lowest BCUT2D eigenvalue weighted by atomic mass is 10.1. The van der Waals surface area contributed by atoms with E-state index in [0.717, 1.165) is 38.3 Å². The van der Waals surface area contributed by atoms with Gasteiger partial charge in [0.1, 0.15) is 11.9 Å². The summed E-state index contributed by atoms with van der Waals surface area (Å²) in [6.45, 7) is 8.25. The summed E-state index contributed by atoms with van der Waals surface area (Å²) in [6, 6.07) is 8.14. The summed E-state index contributed by atoms with van der Waals surface area (Å²) in [5.74, 6) is 0.845. The third-order valence-electron chi connectivity index (χ3n) is 5.90. The Kier molecular flexibility index (Phi) is 5.26. The molecule has 28 heavy (non-hydrogen) atoms. The van der Waals surface area contributed by atoms with E-state index in [1.165, 1.54) is 16.8 Å². The molecule has 2 fully saturated rings. The largest absolute Gasteiger partial charge is 0.497 e. The molecule has 2 saturated heterocycles. The predicted octanol–water partition coefficient (Wildman–Crippen LogP) is 2.47. The van der Waals surface area contributed by atoms with Gasteiger partial charge in [0.05, 0.1) is 19.3 Å². The Labute approximate surface area is 165 Å². The molecular weight excluding hydrogens is 356 g/mol. The molecule has 0 spiro atoms. The van der Waals surface area contributed by atoms with E-state index >= 15 is 0 Å². The predicted molar refractivity (Wildman–Crippen MR) is 105 cm³/mol. The van der Waals surface area contributed by atoms with Crippen molar-refractivity contribution >= 4 is 6.09 Å². The van der Waals surface area contributed by atoms with Gasteiger partial charge in [-0.15, -0.1) is 0 Å². The fourth-order valence-electron chi connectivity index (χ4n) is 4.21. The van der Waals surface area contributed by atoms with E-state index in [1.807, 2.05) is 40.0 Å². The molecule has 1 amide bonds. The second-order valence-corrected chi connectivity index (χ2v) is 7.55. The summed E-state index contributed by atoms with van der Waals surface area (Å²) in [5, 5.41) is 4.44. The van der Waals surface area contributed by atoms with E-state index < -0.39 is 0 Å². The number of likely N-dealkylation sites (tertiary alicyclic amines) is 1. The highest BCUT2D eigenvalue weighted by molar-refractivity contribution is 5.71. The standard InChI is InChI=1S/C21H28N4O3/c1-4-25-15(2)17(11-22-25)12-23-13-19-20(14-23)28-21(26)24(19)10-9-16-5-7-18(27-3)8-6-16/h5-8,11,19-20H,4,9-10,12-14H2,1-3H3/t19-,20+/m1/s1. The Morgan fingerprint density at radius 2 is 2.04 bits per heavy atom. The SMILES string of the molecule is CCn1ncc(CN2C[C@@H]3OC(=O)N(CCc4ccc(OC)cc4)[C@@H]3C2)c1C. The van der Waals surface area contributed by atoms with Crippen LogP contribution in [0, 0.1) is 6.92 Å². The molecule has 0 N–H and O–H groups in total. The minimum absolute atomic E-state index is 0.0371.